The standard InChI is InChI=1S/C18H15ClN2O3/c19-13-4-2-1-3-10(13)16(22)20-21-17(23)14-8-5-6-9(12-7-11(8)12)15(14)18(21)24/h1-6,8-9,11-12,14-15H,7H2,(H,20,22)/t8-,9-,11-,12-,14+,15+/m0/s1. The van der Waals surface area contributed by atoms with Gasteiger partial charge in [0.1, 0.15) is 0 Å². The number of hydrogen-bond donors (Lipinski definition) is 1. The average molecular weight is 343 g/mol. The number of benzene rings is 1. The highest BCUT2D eigenvalue weighted by Gasteiger charge is 2.67. The van der Waals surface area contributed by atoms with Crippen molar-refractivity contribution in [2.75, 3.05) is 0 Å². The first kappa shape index (κ1) is 14.2. The van der Waals surface area contributed by atoms with E-state index in [-0.39, 0.29) is 46.1 Å². The highest BCUT2D eigenvalue weighted by molar-refractivity contribution is 6.33. The van der Waals surface area contributed by atoms with Gasteiger partial charge in [-0.15, -0.1) is 0 Å². The Morgan fingerprint density at radius 3 is 2.21 bits per heavy atom. The summed E-state index contributed by atoms with van der Waals surface area (Å²) < 4.78 is 0. The monoisotopic (exact) mass is 342 g/mol. The van der Waals surface area contributed by atoms with Gasteiger partial charge >= 0.3 is 0 Å². The lowest BCUT2D eigenvalue weighted by Crippen LogP contribution is -2.47. The van der Waals surface area contributed by atoms with Crippen molar-refractivity contribution in [3.05, 3.63) is 47.0 Å². The van der Waals surface area contributed by atoms with E-state index in [1.807, 2.05) is 0 Å². The SMILES string of the molecule is O=C(NN1C(=O)[C@@H]2[C@H]3C=C[C@@H]([C@@H]4C[C@@H]34)[C@H]2C1=O)c1ccccc1Cl. The highest BCUT2D eigenvalue weighted by Crippen LogP contribution is 2.65. The first-order chi connectivity index (χ1) is 11.6. The summed E-state index contributed by atoms with van der Waals surface area (Å²) in [5.41, 5.74) is 2.72. The van der Waals surface area contributed by atoms with Crippen LogP contribution >= 0.6 is 11.6 Å². The highest BCUT2D eigenvalue weighted by atomic mass is 35.5. The number of hydrogen-bond acceptors (Lipinski definition) is 3. The first-order valence-electron chi connectivity index (χ1n) is 8.19. The van der Waals surface area contributed by atoms with Crippen LogP contribution in [0, 0.1) is 35.5 Å². The number of rotatable bonds is 2. The summed E-state index contributed by atoms with van der Waals surface area (Å²) in [7, 11) is 0. The molecule has 0 unspecified atom stereocenters. The third-order valence-corrected chi connectivity index (χ3v) is 6.32. The lowest BCUT2D eigenvalue weighted by molar-refractivity contribution is -0.143. The van der Waals surface area contributed by atoms with Crippen LogP contribution < -0.4 is 5.43 Å². The fourth-order valence-corrected chi connectivity index (χ4v) is 5.10. The summed E-state index contributed by atoms with van der Waals surface area (Å²) in [5.74, 6) is -0.371. The number of hydrazine groups is 1. The summed E-state index contributed by atoms with van der Waals surface area (Å²) in [6.07, 6.45) is 5.32. The largest absolute Gasteiger partial charge is 0.272 e. The quantitative estimate of drug-likeness (QED) is 0.660. The van der Waals surface area contributed by atoms with Crippen LogP contribution in [0.15, 0.2) is 36.4 Å². The van der Waals surface area contributed by atoms with E-state index in [1.165, 1.54) is 0 Å². The molecule has 5 aliphatic rings. The molecule has 1 aliphatic heterocycles. The van der Waals surface area contributed by atoms with E-state index in [9.17, 15) is 14.4 Å². The fraction of sp³-hybridized carbons (Fsp3) is 0.389. The third-order valence-electron chi connectivity index (χ3n) is 5.99. The maximum absolute atomic E-state index is 12.8. The minimum absolute atomic E-state index is 0.142. The molecule has 6 rings (SSSR count). The van der Waals surface area contributed by atoms with E-state index >= 15 is 0 Å². The number of carbonyl (C=O) groups is 3. The molecule has 3 fully saturated rings. The number of nitrogens with zero attached hydrogens (tertiary/aromatic N) is 1. The lowest BCUT2D eigenvalue weighted by atomic mass is 9.63. The molecule has 6 atom stereocenters. The van der Waals surface area contributed by atoms with Gasteiger partial charge in [0.15, 0.2) is 0 Å². The van der Waals surface area contributed by atoms with Gasteiger partial charge in [-0.25, -0.2) is 0 Å². The minimum atomic E-state index is -0.536. The van der Waals surface area contributed by atoms with Crippen LogP contribution in [0.2, 0.25) is 5.02 Å². The van der Waals surface area contributed by atoms with Crippen molar-refractivity contribution >= 4 is 29.3 Å². The van der Waals surface area contributed by atoms with Crippen LogP contribution in [-0.4, -0.2) is 22.7 Å². The van der Waals surface area contributed by atoms with Gasteiger partial charge in [-0.2, -0.15) is 5.01 Å². The summed E-state index contributed by atoms with van der Waals surface area (Å²) in [5, 5.41) is 1.22. The number of nitrogens with one attached hydrogen (secondary N) is 1. The molecular weight excluding hydrogens is 328 g/mol. The Hall–Kier alpha value is -2.14. The number of allylic oxidation sites excluding steroid dienone is 2. The summed E-state index contributed by atoms with van der Waals surface area (Å²) in [4.78, 5) is 38.0. The molecule has 3 amide bonds. The fourth-order valence-electron chi connectivity index (χ4n) is 4.87. The zero-order valence-electron chi connectivity index (χ0n) is 12.7. The van der Waals surface area contributed by atoms with Crippen molar-refractivity contribution in [3.63, 3.8) is 0 Å². The second kappa shape index (κ2) is 4.70. The Morgan fingerprint density at radius 2 is 1.62 bits per heavy atom. The van der Waals surface area contributed by atoms with Gasteiger partial charge in [-0.05, 0) is 42.2 Å². The van der Waals surface area contributed by atoms with E-state index < -0.39 is 5.91 Å². The van der Waals surface area contributed by atoms with Crippen molar-refractivity contribution in [3.8, 4) is 0 Å². The Morgan fingerprint density at radius 1 is 1.04 bits per heavy atom. The van der Waals surface area contributed by atoms with Gasteiger partial charge in [0.05, 0.1) is 22.4 Å². The number of amides is 3. The molecule has 1 aromatic carbocycles. The molecule has 5 nitrogen and oxygen atoms in total. The molecule has 4 aliphatic carbocycles. The van der Waals surface area contributed by atoms with Crippen LogP contribution in [0.1, 0.15) is 16.8 Å². The van der Waals surface area contributed by atoms with E-state index in [4.69, 9.17) is 11.6 Å². The molecule has 24 heavy (non-hydrogen) atoms. The van der Waals surface area contributed by atoms with Crippen molar-refractivity contribution in [1.29, 1.82) is 0 Å². The van der Waals surface area contributed by atoms with E-state index in [2.05, 4.69) is 17.6 Å². The summed E-state index contributed by atoms with van der Waals surface area (Å²) >= 11 is 6.02. The van der Waals surface area contributed by atoms with Crippen LogP contribution in [-0.2, 0) is 9.59 Å². The second-order valence-electron chi connectivity index (χ2n) is 7.09. The molecule has 0 aromatic heterocycles. The number of imide groups is 1. The Balaban J connectivity index is 1.43. The Labute approximate surface area is 143 Å². The molecule has 2 saturated carbocycles. The van der Waals surface area contributed by atoms with Gasteiger partial charge in [0.2, 0.25) is 0 Å². The molecule has 122 valence electrons. The average Bonchev–Trinajstić information content (AvgIpc) is 3.36. The van der Waals surface area contributed by atoms with Crippen LogP contribution in [0.5, 0.6) is 0 Å². The van der Waals surface area contributed by atoms with Crippen LogP contribution in [0.3, 0.4) is 0 Å². The predicted octanol–water partition coefficient (Wildman–Crippen LogP) is 2.04. The van der Waals surface area contributed by atoms with Crippen molar-refractivity contribution in [2.45, 2.75) is 6.42 Å². The van der Waals surface area contributed by atoms with Gasteiger partial charge in [-0.3, -0.25) is 19.8 Å². The number of halogens is 1. The topological polar surface area (TPSA) is 66.5 Å². The molecule has 1 aromatic rings. The van der Waals surface area contributed by atoms with Gasteiger partial charge in [0, 0.05) is 0 Å². The third kappa shape index (κ3) is 1.73. The maximum atomic E-state index is 12.8. The van der Waals surface area contributed by atoms with E-state index in [1.54, 1.807) is 24.3 Å². The van der Waals surface area contributed by atoms with Gasteiger partial charge in [-0.1, -0.05) is 35.9 Å². The normalized spacial score (nSPS) is 38.1. The molecule has 0 spiro atoms. The van der Waals surface area contributed by atoms with Gasteiger partial charge < -0.3 is 0 Å². The van der Waals surface area contributed by atoms with E-state index in [0.29, 0.717) is 11.8 Å². The smallest absolute Gasteiger partial charge is 0.271 e. The van der Waals surface area contributed by atoms with Crippen molar-refractivity contribution < 1.29 is 14.4 Å². The molecule has 1 saturated heterocycles. The summed E-state index contributed by atoms with van der Waals surface area (Å²) in [6, 6.07) is 6.57. The number of carbonyl (C=O) groups excluding carboxylic acids is 3. The van der Waals surface area contributed by atoms with Gasteiger partial charge in [0.25, 0.3) is 17.7 Å². The minimum Gasteiger partial charge on any atom is -0.272 e. The Bertz CT molecular complexity index is 784. The molecule has 2 bridgehead atoms. The Kier molecular flexibility index (Phi) is 2.78. The molecular formula is C18H15ClN2O3. The van der Waals surface area contributed by atoms with Crippen molar-refractivity contribution in [1.82, 2.24) is 10.4 Å². The van der Waals surface area contributed by atoms with Crippen molar-refractivity contribution in [2.24, 2.45) is 35.5 Å². The van der Waals surface area contributed by atoms with E-state index in [0.717, 1.165) is 11.4 Å². The zero-order chi connectivity index (χ0) is 16.6. The molecule has 1 N–H and O–H groups in total. The molecule has 1 heterocycles. The molecule has 6 heteroatoms. The van der Waals surface area contributed by atoms with Crippen LogP contribution in [0.4, 0.5) is 0 Å². The summed E-state index contributed by atoms with van der Waals surface area (Å²) in [6.45, 7) is 0. The predicted molar refractivity (Wildman–Crippen MR) is 85.5 cm³/mol. The zero-order valence-corrected chi connectivity index (χ0v) is 13.4. The van der Waals surface area contributed by atoms with Crippen LogP contribution in [0.25, 0.3) is 0 Å². The lowest BCUT2D eigenvalue weighted by Gasteiger charge is -2.37. The molecule has 0 radical (unpaired) electrons. The first-order valence-corrected chi connectivity index (χ1v) is 8.57. The maximum Gasteiger partial charge on any atom is 0.271 e. The second-order valence-corrected chi connectivity index (χ2v) is 7.49.